The first-order valence-corrected chi connectivity index (χ1v) is 9.06. The molecule has 6 nitrogen and oxygen atoms in total. The summed E-state index contributed by atoms with van der Waals surface area (Å²) in [5.41, 5.74) is -0.641. The molecular weight excluding hydrogens is 342 g/mol. The van der Waals surface area contributed by atoms with Crippen LogP contribution in [-0.2, 0) is 31.9 Å². The van der Waals surface area contributed by atoms with E-state index < -0.39 is 23.7 Å². The normalized spacial score (nSPS) is 12.4. The zero-order valence-electron chi connectivity index (χ0n) is 15.5. The Bertz CT molecular complexity index is 603. The zero-order chi connectivity index (χ0) is 19.0. The Labute approximate surface area is 152 Å². The second-order valence-corrected chi connectivity index (χ2v) is 8.10. The second-order valence-electron chi connectivity index (χ2n) is 6.85. The highest BCUT2D eigenvalue weighted by molar-refractivity contribution is 7.12. The summed E-state index contributed by atoms with van der Waals surface area (Å²) in [6.45, 7) is 6.86. The molecule has 0 radical (unpaired) electrons. The molecule has 140 valence electrons. The molecule has 7 heteroatoms. The van der Waals surface area contributed by atoms with Crippen LogP contribution in [0.5, 0.6) is 0 Å². The summed E-state index contributed by atoms with van der Waals surface area (Å²) in [5, 5.41) is 2.57. The number of aryl methyl sites for hydroxylation is 1. The molecule has 25 heavy (non-hydrogen) atoms. The van der Waals surface area contributed by atoms with Crippen molar-refractivity contribution in [3.8, 4) is 0 Å². The zero-order valence-corrected chi connectivity index (χ0v) is 16.3. The Morgan fingerprint density at radius 1 is 1.20 bits per heavy atom. The summed E-state index contributed by atoms with van der Waals surface area (Å²) >= 11 is 1.57. The molecule has 1 atom stereocenters. The van der Waals surface area contributed by atoms with Crippen molar-refractivity contribution in [2.24, 2.45) is 0 Å². The number of hydrogen-bond acceptors (Lipinski definition) is 6. The monoisotopic (exact) mass is 369 g/mol. The highest BCUT2D eigenvalue weighted by atomic mass is 32.1. The van der Waals surface area contributed by atoms with Crippen LogP contribution in [0.1, 0.15) is 50.3 Å². The fourth-order valence-electron chi connectivity index (χ4n) is 2.16. The minimum atomic E-state index is -0.802. The van der Waals surface area contributed by atoms with E-state index in [2.05, 4.69) is 5.32 Å². The maximum Gasteiger partial charge on any atom is 0.408 e. The molecule has 1 amide bonds. The molecule has 1 heterocycles. The van der Waals surface area contributed by atoms with Crippen LogP contribution in [0.25, 0.3) is 0 Å². The average Bonchev–Trinajstić information content (AvgIpc) is 2.91. The lowest BCUT2D eigenvalue weighted by Crippen LogP contribution is -2.45. The summed E-state index contributed by atoms with van der Waals surface area (Å²) in [6, 6.07) is 3.12. The third-order valence-corrected chi connectivity index (χ3v) is 4.42. The average molecular weight is 369 g/mol. The van der Waals surface area contributed by atoms with Gasteiger partial charge in [0.05, 0.1) is 7.11 Å². The minimum Gasteiger partial charge on any atom is -0.467 e. The van der Waals surface area contributed by atoms with Gasteiger partial charge in [0.1, 0.15) is 17.4 Å². The SMILES string of the molecule is COC(=O)[C@H](Cc1ccc(CCCC(C)=O)s1)NC(=O)OC(C)(C)C. The Hall–Kier alpha value is -1.89. The van der Waals surface area contributed by atoms with Crippen molar-refractivity contribution in [3.05, 3.63) is 21.9 Å². The number of ketones is 1. The number of hydrogen-bond donors (Lipinski definition) is 1. The molecule has 0 bridgehead atoms. The first-order valence-electron chi connectivity index (χ1n) is 8.25. The first kappa shape index (κ1) is 21.2. The number of thiophene rings is 1. The molecular formula is C18H27NO5S. The molecule has 0 aliphatic rings. The summed E-state index contributed by atoms with van der Waals surface area (Å²) in [4.78, 5) is 37.0. The van der Waals surface area contributed by atoms with Crippen molar-refractivity contribution in [1.82, 2.24) is 5.32 Å². The van der Waals surface area contributed by atoms with E-state index in [1.54, 1.807) is 39.0 Å². The molecule has 0 aliphatic carbocycles. The van der Waals surface area contributed by atoms with Crippen molar-refractivity contribution in [2.45, 2.75) is 65.0 Å². The molecule has 1 rings (SSSR count). The highest BCUT2D eigenvalue weighted by Gasteiger charge is 2.25. The van der Waals surface area contributed by atoms with Gasteiger partial charge in [-0.2, -0.15) is 0 Å². The maximum atomic E-state index is 11.9. The summed E-state index contributed by atoms with van der Waals surface area (Å²) in [7, 11) is 1.29. The number of Topliss-reactive ketones (excluding diaryl/α,β-unsaturated/α-hetero) is 1. The Balaban J connectivity index is 2.66. The Kier molecular flexibility index (Phi) is 8.09. The van der Waals surface area contributed by atoms with Gasteiger partial charge in [0.2, 0.25) is 0 Å². The number of amides is 1. The van der Waals surface area contributed by atoms with E-state index in [4.69, 9.17) is 9.47 Å². The van der Waals surface area contributed by atoms with Gasteiger partial charge in [0, 0.05) is 22.6 Å². The van der Waals surface area contributed by atoms with E-state index in [0.717, 1.165) is 22.6 Å². The van der Waals surface area contributed by atoms with Crippen LogP contribution in [-0.4, -0.2) is 36.6 Å². The number of nitrogens with one attached hydrogen (secondary N) is 1. The van der Waals surface area contributed by atoms with Crippen molar-refractivity contribution in [3.63, 3.8) is 0 Å². The molecule has 1 aromatic heterocycles. The van der Waals surface area contributed by atoms with Crippen LogP contribution < -0.4 is 5.32 Å². The van der Waals surface area contributed by atoms with Gasteiger partial charge in [-0.15, -0.1) is 11.3 Å². The van der Waals surface area contributed by atoms with Crippen LogP contribution in [0.2, 0.25) is 0 Å². The van der Waals surface area contributed by atoms with Crippen LogP contribution in [0.4, 0.5) is 4.79 Å². The molecule has 0 spiro atoms. The molecule has 1 N–H and O–H groups in total. The van der Waals surface area contributed by atoms with Crippen LogP contribution in [0, 0.1) is 0 Å². The van der Waals surface area contributed by atoms with Gasteiger partial charge in [-0.25, -0.2) is 9.59 Å². The van der Waals surface area contributed by atoms with Crippen molar-refractivity contribution in [2.75, 3.05) is 7.11 Å². The Morgan fingerprint density at radius 3 is 2.40 bits per heavy atom. The fourth-order valence-corrected chi connectivity index (χ4v) is 3.27. The van der Waals surface area contributed by atoms with E-state index in [1.807, 2.05) is 12.1 Å². The van der Waals surface area contributed by atoms with Gasteiger partial charge in [0.15, 0.2) is 0 Å². The van der Waals surface area contributed by atoms with E-state index in [1.165, 1.54) is 7.11 Å². The summed E-state index contributed by atoms with van der Waals surface area (Å²) in [5.74, 6) is -0.332. The number of rotatable bonds is 8. The predicted octanol–water partition coefficient (Wildman–Crippen LogP) is 3.27. The molecule has 1 aromatic rings. The van der Waals surface area contributed by atoms with Gasteiger partial charge in [-0.3, -0.25) is 0 Å². The predicted molar refractivity (Wildman–Crippen MR) is 96.8 cm³/mol. The number of esters is 1. The molecule has 0 saturated heterocycles. The lowest BCUT2D eigenvalue weighted by atomic mass is 10.1. The molecule has 0 saturated carbocycles. The minimum absolute atomic E-state index is 0.184. The lowest BCUT2D eigenvalue weighted by molar-refractivity contribution is -0.143. The van der Waals surface area contributed by atoms with Crippen molar-refractivity contribution >= 4 is 29.2 Å². The number of carbonyl (C=O) groups is 3. The van der Waals surface area contributed by atoms with Crippen LogP contribution >= 0.6 is 11.3 Å². The van der Waals surface area contributed by atoms with Gasteiger partial charge in [-0.1, -0.05) is 0 Å². The van der Waals surface area contributed by atoms with Gasteiger partial charge < -0.3 is 19.6 Å². The summed E-state index contributed by atoms with van der Waals surface area (Å²) in [6.07, 6.45) is 1.89. The standard InChI is InChI=1S/C18H27NO5S/c1-12(20)7-6-8-13-9-10-14(25-13)11-15(16(21)23-5)19-17(22)24-18(2,3)4/h9-10,15H,6-8,11H2,1-5H3,(H,19,22)/t15-/m0/s1. The largest absolute Gasteiger partial charge is 0.467 e. The van der Waals surface area contributed by atoms with Crippen LogP contribution in [0.15, 0.2) is 12.1 Å². The van der Waals surface area contributed by atoms with Crippen molar-refractivity contribution < 1.29 is 23.9 Å². The van der Waals surface area contributed by atoms with Gasteiger partial charge in [-0.05, 0) is 52.7 Å². The number of methoxy groups -OCH3 is 1. The van der Waals surface area contributed by atoms with E-state index in [-0.39, 0.29) is 5.78 Å². The van der Waals surface area contributed by atoms with Crippen molar-refractivity contribution in [1.29, 1.82) is 0 Å². The van der Waals surface area contributed by atoms with E-state index >= 15 is 0 Å². The molecule has 0 unspecified atom stereocenters. The smallest absolute Gasteiger partial charge is 0.408 e. The molecule has 0 fully saturated rings. The molecule has 0 aliphatic heterocycles. The van der Waals surface area contributed by atoms with Gasteiger partial charge in [0.25, 0.3) is 0 Å². The Morgan fingerprint density at radius 2 is 1.84 bits per heavy atom. The summed E-state index contributed by atoms with van der Waals surface area (Å²) < 4.78 is 9.97. The number of alkyl carbamates (subject to hydrolysis) is 1. The first-order chi connectivity index (χ1) is 11.6. The number of carbonyl (C=O) groups excluding carboxylic acids is 3. The quantitative estimate of drug-likeness (QED) is 0.711. The highest BCUT2D eigenvalue weighted by Crippen LogP contribution is 2.20. The topological polar surface area (TPSA) is 81.7 Å². The maximum absolute atomic E-state index is 11.9. The van der Waals surface area contributed by atoms with E-state index in [0.29, 0.717) is 12.8 Å². The van der Waals surface area contributed by atoms with Crippen LogP contribution in [0.3, 0.4) is 0 Å². The third-order valence-electron chi connectivity index (χ3n) is 3.25. The lowest BCUT2D eigenvalue weighted by Gasteiger charge is -2.22. The number of ether oxygens (including phenoxy) is 2. The van der Waals surface area contributed by atoms with E-state index in [9.17, 15) is 14.4 Å². The molecule has 0 aromatic carbocycles. The second kappa shape index (κ2) is 9.56. The third kappa shape index (κ3) is 8.67. The fraction of sp³-hybridized carbons (Fsp3) is 0.611. The van der Waals surface area contributed by atoms with Gasteiger partial charge >= 0.3 is 12.1 Å².